The van der Waals surface area contributed by atoms with Crippen LogP contribution in [-0.2, 0) is 0 Å². The van der Waals surface area contributed by atoms with Gasteiger partial charge < -0.3 is 10.1 Å². The average Bonchev–Trinajstić information content (AvgIpc) is 2.44. The molecule has 2 nitrogen and oxygen atoms in total. The maximum absolute atomic E-state index is 13.6. The Hall–Kier alpha value is -2.17. The lowest BCUT2D eigenvalue weighted by atomic mass is 10.1. The zero-order chi connectivity index (χ0) is 14.7. The normalized spacial score (nSPS) is 12.1. The van der Waals surface area contributed by atoms with Crippen molar-refractivity contribution < 1.29 is 17.9 Å². The number of nitrogens with one attached hydrogen (secondary N) is 1. The van der Waals surface area contributed by atoms with Gasteiger partial charge >= 0.3 is 0 Å². The highest BCUT2D eigenvalue weighted by molar-refractivity contribution is 5.47. The summed E-state index contributed by atoms with van der Waals surface area (Å²) >= 11 is 0. The number of ether oxygens (including phenoxy) is 1. The summed E-state index contributed by atoms with van der Waals surface area (Å²) in [5.41, 5.74) is 0.640. The van der Waals surface area contributed by atoms with Crippen molar-refractivity contribution in [2.24, 2.45) is 0 Å². The Morgan fingerprint density at radius 2 is 1.70 bits per heavy atom. The summed E-state index contributed by atoms with van der Waals surface area (Å²) in [6.07, 6.45) is 0. The Bertz CT molecular complexity index is 599. The fourth-order valence-electron chi connectivity index (χ4n) is 1.87. The van der Waals surface area contributed by atoms with Gasteiger partial charge in [-0.15, -0.1) is 0 Å². The van der Waals surface area contributed by atoms with E-state index in [0.29, 0.717) is 11.8 Å². The molecular weight excluding hydrogens is 267 g/mol. The van der Waals surface area contributed by atoms with Crippen LogP contribution in [0.5, 0.6) is 5.75 Å². The van der Waals surface area contributed by atoms with E-state index in [0.717, 1.165) is 11.6 Å². The Balaban J connectivity index is 2.20. The van der Waals surface area contributed by atoms with E-state index in [4.69, 9.17) is 4.74 Å². The van der Waals surface area contributed by atoms with Gasteiger partial charge in [-0.2, -0.15) is 0 Å². The van der Waals surface area contributed by atoms with Crippen molar-refractivity contribution in [2.45, 2.75) is 13.0 Å². The Morgan fingerprint density at radius 1 is 1.05 bits per heavy atom. The number of anilines is 1. The number of benzene rings is 2. The smallest absolute Gasteiger partial charge is 0.182 e. The molecule has 2 aromatic rings. The molecule has 0 aliphatic rings. The van der Waals surface area contributed by atoms with Gasteiger partial charge in [0, 0.05) is 18.2 Å². The van der Waals surface area contributed by atoms with Crippen molar-refractivity contribution in [2.75, 3.05) is 12.4 Å². The van der Waals surface area contributed by atoms with E-state index in [1.165, 1.54) is 0 Å². The zero-order valence-electron chi connectivity index (χ0n) is 11.1. The van der Waals surface area contributed by atoms with E-state index < -0.39 is 17.5 Å². The van der Waals surface area contributed by atoms with Crippen LogP contribution in [0.15, 0.2) is 36.4 Å². The maximum atomic E-state index is 13.6. The fraction of sp³-hybridized carbons (Fsp3) is 0.200. The standard InChI is InChI=1S/C15H14F3NO/c1-9(10-3-5-12(20-2)6-4-10)19-14-8-11(16)7-13(17)15(14)18/h3-9,19H,1-2H3. The molecule has 2 aromatic carbocycles. The molecule has 0 heterocycles. The van der Waals surface area contributed by atoms with Crippen LogP contribution in [0.2, 0.25) is 0 Å². The van der Waals surface area contributed by atoms with E-state index >= 15 is 0 Å². The first kappa shape index (κ1) is 14.2. The second-order valence-corrected chi connectivity index (χ2v) is 4.39. The summed E-state index contributed by atoms with van der Waals surface area (Å²) in [4.78, 5) is 0. The third kappa shape index (κ3) is 3.04. The van der Waals surface area contributed by atoms with E-state index in [-0.39, 0.29) is 11.7 Å². The second kappa shape index (κ2) is 5.86. The summed E-state index contributed by atoms with van der Waals surface area (Å²) < 4.78 is 44.8. The molecule has 2 rings (SSSR count). The summed E-state index contributed by atoms with van der Waals surface area (Å²) in [6.45, 7) is 1.77. The highest BCUT2D eigenvalue weighted by Gasteiger charge is 2.14. The van der Waals surface area contributed by atoms with Gasteiger partial charge in [0.15, 0.2) is 11.6 Å². The first-order chi connectivity index (χ1) is 9.51. The average molecular weight is 281 g/mol. The van der Waals surface area contributed by atoms with Gasteiger partial charge in [0.2, 0.25) is 0 Å². The zero-order valence-corrected chi connectivity index (χ0v) is 11.1. The third-order valence-electron chi connectivity index (χ3n) is 2.98. The molecule has 0 bridgehead atoms. The summed E-state index contributed by atoms with van der Waals surface area (Å²) in [6, 6.07) is 8.24. The van der Waals surface area contributed by atoms with Crippen molar-refractivity contribution in [3.63, 3.8) is 0 Å². The summed E-state index contributed by atoms with van der Waals surface area (Å²) in [7, 11) is 1.56. The van der Waals surface area contributed by atoms with Gasteiger partial charge in [0.05, 0.1) is 12.8 Å². The van der Waals surface area contributed by atoms with Gasteiger partial charge in [0.25, 0.3) is 0 Å². The number of hydrogen-bond donors (Lipinski definition) is 1. The first-order valence-electron chi connectivity index (χ1n) is 6.06. The second-order valence-electron chi connectivity index (χ2n) is 4.39. The van der Waals surface area contributed by atoms with Crippen molar-refractivity contribution >= 4 is 5.69 Å². The predicted molar refractivity (Wildman–Crippen MR) is 71.3 cm³/mol. The van der Waals surface area contributed by atoms with Crippen LogP contribution < -0.4 is 10.1 Å². The number of halogens is 3. The van der Waals surface area contributed by atoms with E-state index in [1.807, 2.05) is 0 Å². The highest BCUT2D eigenvalue weighted by atomic mass is 19.2. The molecule has 1 N–H and O–H groups in total. The fourth-order valence-corrected chi connectivity index (χ4v) is 1.87. The molecule has 0 saturated heterocycles. The molecular formula is C15H14F3NO. The molecule has 0 aliphatic carbocycles. The molecule has 106 valence electrons. The van der Waals surface area contributed by atoms with E-state index in [1.54, 1.807) is 38.3 Å². The minimum atomic E-state index is -1.21. The van der Waals surface area contributed by atoms with Crippen LogP contribution in [0.1, 0.15) is 18.5 Å². The topological polar surface area (TPSA) is 21.3 Å². The van der Waals surface area contributed by atoms with E-state index in [9.17, 15) is 13.2 Å². The molecule has 1 unspecified atom stereocenters. The van der Waals surface area contributed by atoms with Crippen LogP contribution in [0.3, 0.4) is 0 Å². The third-order valence-corrected chi connectivity index (χ3v) is 2.98. The highest BCUT2D eigenvalue weighted by Crippen LogP contribution is 2.25. The van der Waals surface area contributed by atoms with Gasteiger partial charge in [-0.05, 0) is 24.6 Å². The van der Waals surface area contributed by atoms with Crippen LogP contribution in [0.25, 0.3) is 0 Å². The lowest BCUT2D eigenvalue weighted by molar-refractivity contribution is 0.414. The molecule has 5 heteroatoms. The Morgan fingerprint density at radius 3 is 2.30 bits per heavy atom. The minimum Gasteiger partial charge on any atom is -0.497 e. The molecule has 0 aromatic heterocycles. The number of hydrogen-bond acceptors (Lipinski definition) is 2. The lowest BCUT2D eigenvalue weighted by Crippen LogP contribution is -2.09. The predicted octanol–water partition coefficient (Wildman–Crippen LogP) is 4.29. The maximum Gasteiger partial charge on any atom is 0.182 e. The SMILES string of the molecule is COc1ccc(C(C)Nc2cc(F)cc(F)c2F)cc1. The van der Waals surface area contributed by atoms with Gasteiger partial charge in [-0.1, -0.05) is 12.1 Å². The molecule has 0 aliphatic heterocycles. The quantitative estimate of drug-likeness (QED) is 0.844. The molecule has 1 atom stereocenters. The van der Waals surface area contributed by atoms with Crippen molar-refractivity contribution in [1.29, 1.82) is 0 Å². The molecule has 0 spiro atoms. The Kier molecular flexibility index (Phi) is 4.17. The largest absolute Gasteiger partial charge is 0.497 e. The lowest BCUT2D eigenvalue weighted by Gasteiger charge is -2.17. The molecule has 0 radical (unpaired) electrons. The number of rotatable bonds is 4. The van der Waals surface area contributed by atoms with Crippen LogP contribution in [0, 0.1) is 17.5 Å². The van der Waals surface area contributed by atoms with Gasteiger partial charge in [-0.25, -0.2) is 13.2 Å². The van der Waals surface area contributed by atoms with Crippen LogP contribution >= 0.6 is 0 Å². The van der Waals surface area contributed by atoms with Gasteiger partial charge in [-0.3, -0.25) is 0 Å². The minimum absolute atomic E-state index is 0.203. The molecule has 0 fully saturated rings. The molecule has 0 saturated carbocycles. The summed E-state index contributed by atoms with van der Waals surface area (Å²) in [5, 5.41) is 2.75. The number of methoxy groups -OCH3 is 1. The van der Waals surface area contributed by atoms with Gasteiger partial charge in [0.1, 0.15) is 11.6 Å². The molecule has 0 amide bonds. The van der Waals surface area contributed by atoms with Crippen molar-refractivity contribution in [1.82, 2.24) is 0 Å². The summed E-state index contributed by atoms with van der Waals surface area (Å²) in [5.74, 6) is -2.43. The molecule has 20 heavy (non-hydrogen) atoms. The van der Waals surface area contributed by atoms with Crippen molar-refractivity contribution in [3.8, 4) is 5.75 Å². The van der Waals surface area contributed by atoms with Crippen molar-refractivity contribution in [3.05, 3.63) is 59.4 Å². The van der Waals surface area contributed by atoms with E-state index in [2.05, 4.69) is 5.32 Å². The first-order valence-corrected chi connectivity index (χ1v) is 6.06. The van der Waals surface area contributed by atoms with Crippen LogP contribution in [-0.4, -0.2) is 7.11 Å². The monoisotopic (exact) mass is 281 g/mol. The van der Waals surface area contributed by atoms with Crippen LogP contribution in [0.4, 0.5) is 18.9 Å². The Labute approximate surface area is 115 Å².